The lowest BCUT2D eigenvalue weighted by atomic mass is 9.91. The third kappa shape index (κ3) is 5.19. The Hall–Kier alpha value is -3.19. The maximum absolute atomic E-state index is 17.0. The molecule has 6 bridgehead atoms. The van der Waals surface area contributed by atoms with Crippen LogP contribution in [0.5, 0.6) is 6.01 Å². The molecule has 5 aliphatic rings. The summed E-state index contributed by atoms with van der Waals surface area (Å²) in [5.74, 6) is 0.149. The van der Waals surface area contributed by atoms with Gasteiger partial charge >= 0.3 is 6.01 Å². The number of morpholine rings is 1. The van der Waals surface area contributed by atoms with Crippen LogP contribution in [-0.2, 0) is 15.9 Å². The van der Waals surface area contributed by atoms with Gasteiger partial charge in [0.25, 0.3) is 0 Å². The second kappa shape index (κ2) is 11.6. The van der Waals surface area contributed by atoms with Gasteiger partial charge in [0.05, 0.1) is 42.0 Å². The van der Waals surface area contributed by atoms with Gasteiger partial charge in [-0.15, -0.1) is 0 Å². The summed E-state index contributed by atoms with van der Waals surface area (Å²) in [4.78, 5) is 18.4. The molecule has 13 heteroatoms. The molecule has 3 saturated heterocycles. The Morgan fingerprint density at radius 1 is 1.18 bits per heavy atom. The van der Waals surface area contributed by atoms with Crippen molar-refractivity contribution in [3.8, 4) is 17.3 Å². The van der Waals surface area contributed by atoms with E-state index in [4.69, 9.17) is 35.8 Å². The van der Waals surface area contributed by atoms with Crippen molar-refractivity contribution in [1.82, 2.24) is 30.0 Å². The number of anilines is 1. The van der Waals surface area contributed by atoms with E-state index in [0.29, 0.717) is 79.6 Å². The molecule has 9 rings (SSSR count). The highest BCUT2D eigenvalue weighted by Gasteiger charge is 2.49. The second-order valence-electron chi connectivity index (χ2n) is 13.0. The van der Waals surface area contributed by atoms with Gasteiger partial charge in [0, 0.05) is 54.8 Å². The van der Waals surface area contributed by atoms with Crippen LogP contribution in [0.2, 0.25) is 5.02 Å². The molecule has 4 atom stereocenters. The van der Waals surface area contributed by atoms with Gasteiger partial charge in [0.15, 0.2) is 5.82 Å². The Labute approximate surface area is 264 Å². The van der Waals surface area contributed by atoms with Gasteiger partial charge in [-0.1, -0.05) is 18.5 Å². The molecule has 5 aliphatic heterocycles. The number of nitrogens with one attached hydrogen (secondary N) is 1. The van der Waals surface area contributed by atoms with Gasteiger partial charge in [-0.2, -0.15) is 15.1 Å². The van der Waals surface area contributed by atoms with E-state index in [1.807, 2.05) is 6.07 Å². The normalized spacial score (nSPS) is 27.5. The van der Waals surface area contributed by atoms with E-state index in [9.17, 15) is 4.39 Å². The third-order valence-electron chi connectivity index (χ3n) is 9.96. The highest BCUT2D eigenvalue weighted by Crippen LogP contribution is 2.42. The molecule has 3 fully saturated rings. The molecule has 0 unspecified atom stereocenters. The van der Waals surface area contributed by atoms with Crippen LogP contribution < -0.4 is 9.64 Å². The van der Waals surface area contributed by atoms with Gasteiger partial charge in [0.2, 0.25) is 0 Å². The average Bonchev–Trinajstić information content (AvgIpc) is 3.73. The van der Waals surface area contributed by atoms with Gasteiger partial charge in [-0.3, -0.25) is 15.0 Å². The van der Waals surface area contributed by atoms with Crippen LogP contribution in [0.3, 0.4) is 0 Å². The average molecular weight is 640 g/mol. The van der Waals surface area contributed by atoms with E-state index < -0.39 is 17.5 Å². The fourth-order valence-electron chi connectivity index (χ4n) is 7.68. The number of H-pyrrole nitrogens is 1. The predicted octanol–water partition coefficient (Wildman–Crippen LogP) is 5.12. The number of hydrogen-bond acceptors (Lipinski definition) is 9. The number of halogens is 3. The number of hydrogen-bond donors (Lipinski definition) is 1. The fourth-order valence-corrected chi connectivity index (χ4v) is 7.96. The molecule has 0 spiro atoms. The minimum Gasteiger partial charge on any atom is -0.461 e. The largest absolute Gasteiger partial charge is 0.461 e. The number of alkyl halides is 1. The molecule has 45 heavy (non-hydrogen) atoms. The van der Waals surface area contributed by atoms with Crippen LogP contribution >= 0.6 is 11.6 Å². The molecular formula is C32H36ClF2N7O3. The number of benzene rings is 1. The van der Waals surface area contributed by atoms with E-state index in [-0.39, 0.29) is 35.8 Å². The standard InChI is InChI=1S/C32H36ClF2N7O3/c1-18-3-7-43-16-20-15-41(6-8-44-20)30-23-12-36-29(26-21(9-18)24(33)10-25-22(26)13-37-40-25)27(35)28(23)38-31(39-30)45-17-32-4-2-5-42(32)14-19(34)11-32/h10,12-13,18-20H,2-9,11,14-17H2,1H3,(H,37,40)/t18-,19+,20+,32-/m0/s1. The van der Waals surface area contributed by atoms with Crippen molar-refractivity contribution in [3.63, 3.8) is 0 Å². The topological polar surface area (TPSA) is 102 Å². The van der Waals surface area contributed by atoms with E-state index in [1.54, 1.807) is 12.4 Å². The number of aromatic nitrogens is 5. The summed E-state index contributed by atoms with van der Waals surface area (Å²) in [5, 5.41) is 8.92. The Morgan fingerprint density at radius 2 is 2.09 bits per heavy atom. The minimum absolute atomic E-state index is 0.0610. The molecule has 0 amide bonds. The van der Waals surface area contributed by atoms with Crippen molar-refractivity contribution in [3.05, 3.63) is 34.9 Å². The van der Waals surface area contributed by atoms with E-state index in [2.05, 4.69) is 31.9 Å². The van der Waals surface area contributed by atoms with Crippen LogP contribution in [-0.4, -0.2) is 100 Å². The summed E-state index contributed by atoms with van der Waals surface area (Å²) in [5.41, 5.74) is 1.95. The Kier molecular flexibility index (Phi) is 7.51. The number of rotatable bonds is 3. The number of fused-ring (bicyclic) bond motifs is 8. The van der Waals surface area contributed by atoms with Crippen molar-refractivity contribution < 1.29 is 23.0 Å². The molecule has 0 saturated carbocycles. The molecule has 0 radical (unpaired) electrons. The zero-order valence-electron chi connectivity index (χ0n) is 25.2. The monoisotopic (exact) mass is 639 g/mol. The number of pyridine rings is 1. The summed E-state index contributed by atoms with van der Waals surface area (Å²) in [7, 11) is 0. The van der Waals surface area contributed by atoms with Gasteiger partial charge in [0.1, 0.15) is 29.8 Å². The summed E-state index contributed by atoms with van der Waals surface area (Å²) in [6, 6.07) is 1.89. The van der Waals surface area contributed by atoms with Crippen molar-refractivity contribution in [1.29, 1.82) is 0 Å². The maximum atomic E-state index is 17.0. The van der Waals surface area contributed by atoms with Crippen LogP contribution in [0.25, 0.3) is 33.1 Å². The zero-order chi connectivity index (χ0) is 30.7. The Morgan fingerprint density at radius 3 is 3.00 bits per heavy atom. The Balaban J connectivity index is 1.29. The van der Waals surface area contributed by atoms with Crippen LogP contribution in [0.4, 0.5) is 14.6 Å². The second-order valence-corrected chi connectivity index (χ2v) is 13.4. The first-order valence-electron chi connectivity index (χ1n) is 15.9. The molecule has 10 nitrogen and oxygen atoms in total. The van der Waals surface area contributed by atoms with E-state index >= 15 is 4.39 Å². The van der Waals surface area contributed by atoms with Crippen LogP contribution in [0.15, 0.2) is 18.5 Å². The number of aromatic amines is 1. The predicted molar refractivity (Wildman–Crippen MR) is 166 cm³/mol. The van der Waals surface area contributed by atoms with Crippen molar-refractivity contribution in [2.45, 2.75) is 56.8 Å². The lowest BCUT2D eigenvalue weighted by Crippen LogP contribution is -2.45. The summed E-state index contributed by atoms with van der Waals surface area (Å²) < 4.78 is 49.9. The molecule has 1 N–H and O–H groups in total. The first-order valence-corrected chi connectivity index (χ1v) is 16.2. The van der Waals surface area contributed by atoms with E-state index in [0.717, 1.165) is 36.8 Å². The number of ether oxygens (including phenoxy) is 3. The number of nitrogens with zero attached hydrogens (tertiary/aromatic N) is 6. The first kappa shape index (κ1) is 29.2. The molecular weight excluding hydrogens is 604 g/mol. The lowest BCUT2D eigenvalue weighted by molar-refractivity contribution is -0.0257. The smallest absolute Gasteiger partial charge is 0.319 e. The van der Waals surface area contributed by atoms with Crippen LogP contribution in [0.1, 0.15) is 38.2 Å². The first-order chi connectivity index (χ1) is 21.9. The van der Waals surface area contributed by atoms with E-state index in [1.165, 1.54) is 0 Å². The summed E-state index contributed by atoms with van der Waals surface area (Å²) >= 11 is 6.87. The third-order valence-corrected chi connectivity index (χ3v) is 10.3. The van der Waals surface area contributed by atoms with Crippen LogP contribution in [0, 0.1) is 11.7 Å². The lowest BCUT2D eigenvalue weighted by Gasteiger charge is -2.34. The Bertz CT molecular complexity index is 1760. The fraction of sp³-hybridized carbons (Fsp3) is 0.562. The van der Waals surface area contributed by atoms with Gasteiger partial charge < -0.3 is 19.1 Å². The van der Waals surface area contributed by atoms with Crippen molar-refractivity contribution in [2.24, 2.45) is 5.92 Å². The zero-order valence-corrected chi connectivity index (χ0v) is 26.0. The molecule has 1 aromatic carbocycles. The highest BCUT2D eigenvalue weighted by molar-refractivity contribution is 6.33. The molecule has 0 aliphatic carbocycles. The van der Waals surface area contributed by atoms with Gasteiger partial charge in [-0.25, -0.2) is 8.78 Å². The summed E-state index contributed by atoms with van der Waals surface area (Å²) in [6.07, 6.45) is 5.91. The van der Waals surface area contributed by atoms with Crippen molar-refractivity contribution >= 4 is 39.2 Å². The maximum Gasteiger partial charge on any atom is 0.319 e. The highest BCUT2D eigenvalue weighted by atomic mass is 35.5. The molecule has 3 aromatic heterocycles. The molecule has 8 heterocycles. The molecule has 238 valence electrons. The minimum atomic E-state index is -0.887. The SMILES string of the molecule is C[C@H]1CCOC[C@H]2CN(CCO2)c2nc(OC[C@@]34CCCN3C[C@H](F)C4)nc3c(F)c(ncc23)-c2c(c(Cl)cc3[nH]ncc23)C1. The summed E-state index contributed by atoms with van der Waals surface area (Å²) in [6.45, 7) is 6.17. The quantitative estimate of drug-likeness (QED) is 0.327. The van der Waals surface area contributed by atoms with Gasteiger partial charge in [-0.05, 0) is 49.8 Å². The molecule has 4 aromatic rings. The van der Waals surface area contributed by atoms with Crippen molar-refractivity contribution in [2.75, 3.05) is 57.5 Å².